The smallest absolute Gasteiger partial charge is 0.237 e. The Labute approximate surface area is 187 Å². The molecule has 1 saturated heterocycles. The Balaban J connectivity index is 1.48. The van der Waals surface area contributed by atoms with Crippen LogP contribution in [0.5, 0.6) is 5.75 Å². The van der Waals surface area contributed by atoms with E-state index in [4.69, 9.17) is 5.73 Å². The van der Waals surface area contributed by atoms with Crippen LogP contribution in [-0.4, -0.2) is 41.2 Å². The molecule has 4 rings (SSSR count). The Morgan fingerprint density at radius 2 is 2.06 bits per heavy atom. The number of benzene rings is 2. The molecule has 1 aromatic heterocycles. The lowest BCUT2D eigenvalue weighted by molar-refractivity contribution is -0.123. The molecule has 2 aromatic carbocycles. The van der Waals surface area contributed by atoms with Gasteiger partial charge in [-0.2, -0.15) is 5.26 Å². The van der Waals surface area contributed by atoms with Gasteiger partial charge in [-0.15, -0.1) is 0 Å². The number of amides is 1. The summed E-state index contributed by atoms with van der Waals surface area (Å²) < 4.78 is 0. The quantitative estimate of drug-likeness (QED) is 0.574. The lowest BCUT2D eigenvalue weighted by Gasteiger charge is -2.39. The lowest BCUT2D eigenvalue weighted by Crippen LogP contribution is -2.54. The fourth-order valence-corrected chi connectivity index (χ4v) is 4.46. The van der Waals surface area contributed by atoms with Crippen LogP contribution in [0, 0.1) is 17.2 Å². The number of nitrogens with two attached hydrogens (primary N) is 1. The first-order valence-electron chi connectivity index (χ1n) is 10.8. The average molecular weight is 430 g/mol. The summed E-state index contributed by atoms with van der Waals surface area (Å²) in [6, 6.07) is 15.9. The van der Waals surface area contributed by atoms with Crippen molar-refractivity contribution in [2.45, 2.75) is 31.8 Å². The van der Waals surface area contributed by atoms with Crippen molar-refractivity contribution in [3.05, 3.63) is 65.9 Å². The summed E-state index contributed by atoms with van der Waals surface area (Å²) in [5.74, 6) is 0.391. The van der Waals surface area contributed by atoms with Crippen LogP contribution in [0.2, 0.25) is 0 Å². The van der Waals surface area contributed by atoms with E-state index in [1.54, 1.807) is 30.5 Å². The number of nitrogens with one attached hydrogen (secondary N) is 1. The first-order chi connectivity index (χ1) is 15.4. The molecule has 1 aliphatic rings. The third-order valence-corrected chi connectivity index (χ3v) is 5.94. The molecule has 7 heteroatoms. The number of phenolic OH excluding ortho intramolecular Hbond substituents is 1. The Kier molecular flexibility index (Phi) is 6.24. The second-order valence-electron chi connectivity index (χ2n) is 8.57. The summed E-state index contributed by atoms with van der Waals surface area (Å²) in [6.07, 6.45) is 2.98. The van der Waals surface area contributed by atoms with Crippen molar-refractivity contribution < 1.29 is 9.90 Å². The van der Waals surface area contributed by atoms with Crippen molar-refractivity contribution in [2.24, 2.45) is 11.7 Å². The standard InChI is InChI=1S/C25H27N5O2/c1-16-11-19(29-25(32)22(27)12-17-4-7-20(31)8-5-17)15-30(14-16)23-9-6-18(13-26)24-21(23)3-2-10-28-24/h2-10,16,19,22,31H,11-12,14-15,27H2,1H3,(H,29,32)/t16-,19+,22?/m0/s1. The van der Waals surface area contributed by atoms with Crippen molar-refractivity contribution >= 4 is 22.5 Å². The van der Waals surface area contributed by atoms with Crippen molar-refractivity contribution in [3.8, 4) is 11.8 Å². The van der Waals surface area contributed by atoms with Crippen LogP contribution in [0.3, 0.4) is 0 Å². The van der Waals surface area contributed by atoms with Crippen LogP contribution in [0.25, 0.3) is 10.9 Å². The maximum absolute atomic E-state index is 12.8. The third kappa shape index (κ3) is 4.66. The predicted molar refractivity (Wildman–Crippen MR) is 124 cm³/mol. The molecule has 0 radical (unpaired) electrons. The summed E-state index contributed by atoms with van der Waals surface area (Å²) in [5.41, 5.74) is 9.34. The molecule has 4 N–H and O–H groups in total. The highest BCUT2D eigenvalue weighted by molar-refractivity contribution is 5.95. The zero-order valence-electron chi connectivity index (χ0n) is 18.0. The monoisotopic (exact) mass is 429 g/mol. The fraction of sp³-hybridized carbons (Fsp3) is 0.320. The van der Waals surface area contributed by atoms with Gasteiger partial charge in [-0.1, -0.05) is 19.1 Å². The molecule has 1 fully saturated rings. The zero-order valence-corrected chi connectivity index (χ0v) is 18.0. The number of phenols is 1. The van der Waals surface area contributed by atoms with E-state index in [1.807, 2.05) is 24.3 Å². The Morgan fingerprint density at radius 3 is 2.81 bits per heavy atom. The highest BCUT2D eigenvalue weighted by Crippen LogP contribution is 2.31. The summed E-state index contributed by atoms with van der Waals surface area (Å²) in [5, 5.41) is 22.9. The molecule has 164 valence electrons. The molecular formula is C25H27N5O2. The number of hydrogen-bond donors (Lipinski definition) is 3. The van der Waals surface area contributed by atoms with Gasteiger partial charge in [0.15, 0.2) is 0 Å². The van der Waals surface area contributed by atoms with E-state index in [9.17, 15) is 15.2 Å². The van der Waals surface area contributed by atoms with E-state index in [0.717, 1.165) is 29.6 Å². The zero-order chi connectivity index (χ0) is 22.7. The summed E-state index contributed by atoms with van der Waals surface area (Å²) in [6.45, 7) is 3.70. The van der Waals surface area contributed by atoms with Crippen molar-refractivity contribution in [1.29, 1.82) is 5.26 Å². The van der Waals surface area contributed by atoms with Crippen LogP contribution in [0.4, 0.5) is 5.69 Å². The second-order valence-corrected chi connectivity index (χ2v) is 8.57. The van der Waals surface area contributed by atoms with Gasteiger partial charge in [0.05, 0.1) is 17.1 Å². The fourth-order valence-electron chi connectivity index (χ4n) is 4.46. The topological polar surface area (TPSA) is 115 Å². The van der Waals surface area contributed by atoms with Crippen molar-refractivity contribution in [2.75, 3.05) is 18.0 Å². The number of carbonyl (C=O) groups is 1. The summed E-state index contributed by atoms with van der Waals surface area (Å²) in [7, 11) is 0. The molecule has 0 aliphatic carbocycles. The molecule has 1 aliphatic heterocycles. The number of aromatic nitrogens is 1. The van der Waals surface area contributed by atoms with Gasteiger partial charge >= 0.3 is 0 Å². The molecule has 2 heterocycles. The van der Waals surface area contributed by atoms with Gasteiger partial charge < -0.3 is 21.1 Å². The number of carbonyl (C=O) groups excluding carboxylic acids is 1. The maximum Gasteiger partial charge on any atom is 0.237 e. The first kappa shape index (κ1) is 21.6. The minimum Gasteiger partial charge on any atom is -0.508 e. The number of rotatable bonds is 5. The van der Waals surface area contributed by atoms with Crippen LogP contribution in [-0.2, 0) is 11.2 Å². The minimum absolute atomic E-state index is 0.0283. The van der Waals surface area contributed by atoms with Crippen LogP contribution < -0.4 is 16.0 Å². The van der Waals surface area contributed by atoms with E-state index in [-0.39, 0.29) is 17.7 Å². The van der Waals surface area contributed by atoms with E-state index < -0.39 is 6.04 Å². The number of piperidine rings is 1. The van der Waals surface area contributed by atoms with E-state index >= 15 is 0 Å². The van der Waals surface area contributed by atoms with Crippen molar-refractivity contribution in [3.63, 3.8) is 0 Å². The molecule has 0 spiro atoms. The summed E-state index contributed by atoms with van der Waals surface area (Å²) in [4.78, 5) is 19.4. The molecule has 32 heavy (non-hydrogen) atoms. The van der Waals surface area contributed by atoms with Gasteiger partial charge in [-0.05, 0) is 60.7 Å². The average Bonchev–Trinajstić information content (AvgIpc) is 2.79. The number of nitriles is 1. The van der Waals surface area contributed by atoms with Gasteiger partial charge in [-0.25, -0.2) is 0 Å². The van der Waals surface area contributed by atoms with Gasteiger partial charge in [-0.3, -0.25) is 9.78 Å². The van der Waals surface area contributed by atoms with Crippen LogP contribution in [0.15, 0.2) is 54.7 Å². The number of hydrogen-bond acceptors (Lipinski definition) is 6. The highest BCUT2D eigenvalue weighted by Gasteiger charge is 2.28. The molecule has 3 atom stereocenters. The minimum atomic E-state index is -0.662. The molecule has 7 nitrogen and oxygen atoms in total. The Morgan fingerprint density at radius 1 is 1.28 bits per heavy atom. The van der Waals surface area contributed by atoms with Crippen LogP contribution in [0.1, 0.15) is 24.5 Å². The molecular weight excluding hydrogens is 402 g/mol. The molecule has 3 aromatic rings. The molecule has 0 saturated carbocycles. The SMILES string of the molecule is C[C@H]1C[C@@H](NC(=O)C(N)Cc2ccc(O)cc2)CN(c2ccc(C#N)c3ncccc23)C1. The molecule has 0 bridgehead atoms. The Bertz CT molecular complexity index is 1160. The number of fused-ring (bicyclic) bond motifs is 1. The second kappa shape index (κ2) is 9.25. The number of pyridine rings is 1. The van der Waals surface area contributed by atoms with Crippen LogP contribution >= 0.6 is 0 Å². The lowest BCUT2D eigenvalue weighted by atomic mass is 9.94. The van der Waals surface area contributed by atoms with Gasteiger partial charge in [0.2, 0.25) is 5.91 Å². The first-order valence-corrected chi connectivity index (χ1v) is 10.8. The van der Waals surface area contributed by atoms with E-state index in [1.165, 1.54) is 0 Å². The van der Waals surface area contributed by atoms with E-state index in [0.29, 0.717) is 30.0 Å². The van der Waals surface area contributed by atoms with Gasteiger partial charge in [0.25, 0.3) is 0 Å². The predicted octanol–water partition coefficient (Wildman–Crippen LogP) is 2.71. The Hall–Kier alpha value is -3.63. The number of anilines is 1. The number of nitrogens with zero attached hydrogens (tertiary/aromatic N) is 3. The highest BCUT2D eigenvalue weighted by atomic mass is 16.3. The van der Waals surface area contributed by atoms with E-state index in [2.05, 4.69) is 28.2 Å². The van der Waals surface area contributed by atoms with Gasteiger partial charge in [0, 0.05) is 36.4 Å². The molecule has 1 unspecified atom stereocenters. The van der Waals surface area contributed by atoms with Gasteiger partial charge in [0.1, 0.15) is 11.8 Å². The third-order valence-electron chi connectivity index (χ3n) is 5.94. The normalized spacial score (nSPS) is 19.3. The maximum atomic E-state index is 12.8. The molecule has 1 amide bonds. The van der Waals surface area contributed by atoms with Crippen molar-refractivity contribution in [1.82, 2.24) is 10.3 Å². The summed E-state index contributed by atoms with van der Waals surface area (Å²) >= 11 is 0. The largest absolute Gasteiger partial charge is 0.508 e. The number of aromatic hydroxyl groups is 1.